The number of pyridine rings is 1. The third kappa shape index (κ3) is 3.71. The van der Waals surface area contributed by atoms with Crippen LogP contribution in [0, 0.1) is 5.41 Å². The molecule has 0 aliphatic carbocycles. The molecule has 1 aromatic heterocycles. The summed E-state index contributed by atoms with van der Waals surface area (Å²) in [6, 6.07) is 0.231. The van der Waals surface area contributed by atoms with Gasteiger partial charge in [0.15, 0.2) is 0 Å². The topological polar surface area (TPSA) is 84.3 Å². The number of hydrogen-bond acceptors (Lipinski definition) is 6. The van der Waals surface area contributed by atoms with Crippen LogP contribution >= 0.6 is 11.6 Å². The van der Waals surface area contributed by atoms with Gasteiger partial charge in [0.1, 0.15) is 5.82 Å². The second-order valence-electron chi connectivity index (χ2n) is 4.64. The molecule has 0 radical (unpaired) electrons. The Labute approximate surface area is 128 Å². The number of nitrogens with one attached hydrogen (secondary N) is 2. The zero-order chi connectivity index (χ0) is 15.2. The lowest BCUT2D eigenvalue weighted by molar-refractivity contribution is 0.0526. The molecule has 0 saturated carbocycles. The molecule has 6 nitrogen and oxygen atoms in total. The van der Waals surface area contributed by atoms with Crippen LogP contribution in [0.25, 0.3) is 0 Å². The van der Waals surface area contributed by atoms with E-state index in [1.54, 1.807) is 6.92 Å². The van der Waals surface area contributed by atoms with Gasteiger partial charge in [0.2, 0.25) is 0 Å². The number of carbonyl (C=O) groups excluding carboxylic acids is 1. The molecule has 1 aromatic rings. The third-order valence-corrected chi connectivity index (χ3v) is 3.66. The Morgan fingerprint density at radius 2 is 2.33 bits per heavy atom. The van der Waals surface area contributed by atoms with E-state index in [9.17, 15) is 4.79 Å². The first-order valence-corrected chi connectivity index (χ1v) is 7.25. The van der Waals surface area contributed by atoms with Crippen LogP contribution in [0.5, 0.6) is 0 Å². The van der Waals surface area contributed by atoms with E-state index in [0.29, 0.717) is 24.6 Å². The molecule has 0 bridgehead atoms. The molecule has 1 fully saturated rings. The number of esters is 1. The predicted octanol–water partition coefficient (Wildman–Crippen LogP) is 2.50. The zero-order valence-corrected chi connectivity index (χ0v) is 12.6. The molecular weight excluding hydrogens is 294 g/mol. The third-order valence-electron chi connectivity index (χ3n) is 3.25. The molecule has 1 aliphatic rings. The second-order valence-corrected chi connectivity index (χ2v) is 5.02. The highest BCUT2D eigenvalue weighted by atomic mass is 35.5. The molecule has 0 aromatic carbocycles. The van der Waals surface area contributed by atoms with E-state index >= 15 is 0 Å². The summed E-state index contributed by atoms with van der Waals surface area (Å²) < 4.78 is 10.2. The Morgan fingerprint density at radius 1 is 1.62 bits per heavy atom. The first kappa shape index (κ1) is 15.7. The van der Waals surface area contributed by atoms with E-state index in [4.69, 9.17) is 26.5 Å². The Kier molecular flexibility index (Phi) is 5.52. The van der Waals surface area contributed by atoms with Crippen molar-refractivity contribution in [3.63, 3.8) is 0 Å². The van der Waals surface area contributed by atoms with Gasteiger partial charge in [0.05, 0.1) is 22.8 Å². The molecule has 2 N–H and O–H groups in total. The first-order chi connectivity index (χ1) is 10.2. The van der Waals surface area contributed by atoms with Gasteiger partial charge in [-0.05, 0) is 19.8 Å². The Hall–Kier alpha value is -1.66. The van der Waals surface area contributed by atoms with E-state index in [1.807, 2.05) is 0 Å². The molecule has 0 unspecified atom stereocenters. The number of nitrogens with zero attached hydrogens (tertiary/aromatic N) is 1. The predicted molar refractivity (Wildman–Crippen MR) is 80.6 cm³/mol. The van der Waals surface area contributed by atoms with Crippen molar-refractivity contribution in [2.45, 2.75) is 25.8 Å². The maximum absolute atomic E-state index is 11.8. The van der Waals surface area contributed by atoms with Crippen LogP contribution in [0.3, 0.4) is 0 Å². The lowest BCUT2D eigenvalue weighted by Gasteiger charge is -2.24. The van der Waals surface area contributed by atoms with Crippen LogP contribution in [0.15, 0.2) is 6.20 Å². The van der Waals surface area contributed by atoms with Crippen molar-refractivity contribution < 1.29 is 14.3 Å². The molecule has 1 aliphatic heterocycles. The fourth-order valence-electron chi connectivity index (χ4n) is 2.14. The summed E-state index contributed by atoms with van der Waals surface area (Å²) in [6.07, 6.45) is 4.22. The van der Waals surface area contributed by atoms with Crippen molar-refractivity contribution in [2.75, 3.05) is 25.1 Å². The summed E-state index contributed by atoms with van der Waals surface area (Å²) >= 11 is 6.21. The van der Waals surface area contributed by atoms with Crippen molar-refractivity contribution in [1.82, 2.24) is 4.98 Å². The minimum atomic E-state index is -0.532. The van der Waals surface area contributed by atoms with E-state index < -0.39 is 5.97 Å². The Balaban J connectivity index is 2.24. The molecule has 7 heteroatoms. The fourth-order valence-corrected chi connectivity index (χ4v) is 2.41. The lowest BCUT2D eigenvalue weighted by atomic mass is 10.1. The largest absolute Gasteiger partial charge is 0.462 e. The monoisotopic (exact) mass is 311 g/mol. The highest BCUT2D eigenvalue weighted by Crippen LogP contribution is 2.26. The van der Waals surface area contributed by atoms with Gasteiger partial charge in [-0.15, -0.1) is 0 Å². The van der Waals surface area contributed by atoms with Gasteiger partial charge in [-0.2, -0.15) is 0 Å². The number of anilines is 1. The molecule has 21 heavy (non-hydrogen) atoms. The average molecular weight is 312 g/mol. The van der Waals surface area contributed by atoms with Gasteiger partial charge < -0.3 is 20.2 Å². The van der Waals surface area contributed by atoms with Gasteiger partial charge in [0, 0.05) is 31.7 Å². The lowest BCUT2D eigenvalue weighted by Crippen LogP contribution is -2.29. The number of rotatable bonds is 5. The molecular formula is C14H18ClN3O3. The van der Waals surface area contributed by atoms with Crippen molar-refractivity contribution in [2.24, 2.45) is 0 Å². The molecule has 0 atom stereocenters. The van der Waals surface area contributed by atoms with Crippen LogP contribution in [0.2, 0.25) is 5.02 Å². The number of carbonyl (C=O) groups is 1. The molecule has 0 amide bonds. The average Bonchev–Trinajstić information content (AvgIpc) is 2.49. The van der Waals surface area contributed by atoms with Gasteiger partial charge in [-0.1, -0.05) is 11.6 Å². The SMILES string of the molecule is CCOC(=O)c1cnc(NC2CCOCC2)c(C=N)c1Cl. The van der Waals surface area contributed by atoms with E-state index in [1.165, 1.54) is 6.20 Å². The maximum atomic E-state index is 11.8. The number of hydrogen-bond donors (Lipinski definition) is 2. The van der Waals surface area contributed by atoms with Crippen LogP contribution in [0.1, 0.15) is 35.7 Å². The Bertz CT molecular complexity index is 530. The maximum Gasteiger partial charge on any atom is 0.341 e. The molecule has 2 heterocycles. The van der Waals surface area contributed by atoms with Gasteiger partial charge >= 0.3 is 5.97 Å². The van der Waals surface area contributed by atoms with Gasteiger partial charge in [-0.3, -0.25) is 0 Å². The van der Waals surface area contributed by atoms with Crippen molar-refractivity contribution in [3.8, 4) is 0 Å². The van der Waals surface area contributed by atoms with Crippen LogP contribution in [-0.4, -0.2) is 43.0 Å². The van der Waals surface area contributed by atoms with E-state index in [0.717, 1.165) is 19.1 Å². The second kappa shape index (κ2) is 7.38. The zero-order valence-electron chi connectivity index (χ0n) is 11.8. The summed E-state index contributed by atoms with van der Waals surface area (Å²) in [5, 5.41) is 11.0. The minimum Gasteiger partial charge on any atom is -0.462 e. The smallest absolute Gasteiger partial charge is 0.341 e. The number of aromatic nitrogens is 1. The molecule has 2 rings (SSSR count). The highest BCUT2D eigenvalue weighted by Gasteiger charge is 2.20. The molecule has 1 saturated heterocycles. The summed E-state index contributed by atoms with van der Waals surface area (Å²) in [5.41, 5.74) is 0.572. The van der Waals surface area contributed by atoms with E-state index in [-0.39, 0.29) is 23.2 Å². The van der Waals surface area contributed by atoms with Crippen molar-refractivity contribution >= 4 is 29.6 Å². The molecule has 0 spiro atoms. The van der Waals surface area contributed by atoms with Crippen LogP contribution in [-0.2, 0) is 9.47 Å². The van der Waals surface area contributed by atoms with Crippen LogP contribution < -0.4 is 5.32 Å². The quantitative estimate of drug-likeness (QED) is 0.644. The minimum absolute atomic E-state index is 0.176. The summed E-state index contributed by atoms with van der Waals surface area (Å²) in [6.45, 7) is 3.38. The standard InChI is InChI=1S/C14H18ClN3O3/c1-2-21-14(19)11-8-17-13(10(7-16)12(11)15)18-9-3-5-20-6-4-9/h7-9,16H,2-6H2,1H3,(H,17,18). The fraction of sp³-hybridized carbons (Fsp3) is 0.500. The number of ether oxygens (including phenoxy) is 2. The Morgan fingerprint density at radius 3 is 2.95 bits per heavy atom. The molecule has 114 valence electrons. The van der Waals surface area contributed by atoms with Crippen molar-refractivity contribution in [1.29, 1.82) is 5.41 Å². The highest BCUT2D eigenvalue weighted by molar-refractivity contribution is 6.36. The summed E-state index contributed by atoms with van der Waals surface area (Å²) in [7, 11) is 0. The summed E-state index contributed by atoms with van der Waals surface area (Å²) in [4.78, 5) is 16.0. The van der Waals surface area contributed by atoms with Gasteiger partial charge in [0.25, 0.3) is 0 Å². The normalized spacial score (nSPS) is 15.5. The van der Waals surface area contributed by atoms with Gasteiger partial charge in [-0.25, -0.2) is 9.78 Å². The van der Waals surface area contributed by atoms with Crippen molar-refractivity contribution in [3.05, 3.63) is 22.3 Å². The first-order valence-electron chi connectivity index (χ1n) is 6.87. The van der Waals surface area contributed by atoms with E-state index in [2.05, 4.69) is 10.3 Å². The van der Waals surface area contributed by atoms with Crippen LogP contribution in [0.4, 0.5) is 5.82 Å². The number of halogens is 1. The summed E-state index contributed by atoms with van der Waals surface area (Å²) in [5.74, 6) is -0.0225.